The smallest absolute Gasteiger partial charge is 0.0558 e. The van der Waals surface area contributed by atoms with E-state index in [4.69, 9.17) is 0 Å². The zero-order chi connectivity index (χ0) is 15.5. The van der Waals surface area contributed by atoms with Crippen molar-refractivity contribution < 1.29 is 5.11 Å². The minimum Gasteiger partial charge on any atom is -0.395 e. The van der Waals surface area contributed by atoms with Crippen LogP contribution in [-0.4, -0.2) is 48.8 Å². The van der Waals surface area contributed by atoms with Crippen molar-refractivity contribution in [3.05, 3.63) is 0 Å². The number of nitrogens with zero attached hydrogens (tertiary/aromatic N) is 1. The minimum atomic E-state index is 0.290. The van der Waals surface area contributed by atoms with E-state index < -0.39 is 0 Å². The van der Waals surface area contributed by atoms with E-state index in [1.165, 1.54) is 44.9 Å². The van der Waals surface area contributed by atoms with E-state index in [1.807, 2.05) is 0 Å². The average Bonchev–Trinajstić information content (AvgIpc) is 2.47. The summed E-state index contributed by atoms with van der Waals surface area (Å²) in [6.07, 6.45) is 9.23. The Bertz CT molecular complexity index is 241. The van der Waals surface area contributed by atoms with Crippen molar-refractivity contribution in [1.82, 2.24) is 10.2 Å². The molecule has 0 amide bonds. The number of aliphatic hydroxyl groups is 1. The number of rotatable bonds is 11. The molecule has 0 heterocycles. The third-order valence-corrected chi connectivity index (χ3v) is 4.89. The summed E-state index contributed by atoms with van der Waals surface area (Å²) in [4.78, 5) is 2.47. The van der Waals surface area contributed by atoms with Crippen LogP contribution in [0.25, 0.3) is 0 Å². The van der Waals surface area contributed by atoms with E-state index in [0.717, 1.165) is 38.0 Å². The summed E-state index contributed by atoms with van der Waals surface area (Å²) in [7, 11) is 0. The van der Waals surface area contributed by atoms with E-state index in [0.29, 0.717) is 6.04 Å². The van der Waals surface area contributed by atoms with Crippen molar-refractivity contribution in [2.24, 2.45) is 11.8 Å². The fraction of sp³-hybridized carbons (Fsp3) is 1.00. The first-order chi connectivity index (χ1) is 10.2. The number of hydrogen-bond donors (Lipinski definition) is 2. The zero-order valence-electron chi connectivity index (χ0n) is 14.6. The fourth-order valence-electron chi connectivity index (χ4n) is 3.92. The normalized spacial score (nSPS) is 26.4. The molecule has 3 atom stereocenters. The Kier molecular flexibility index (Phi) is 10.3. The standard InChI is InChI=1S/C18H38N2O/c1-4-7-16-8-9-18(19-10-5-2)17(14-16)15-20(11-6-3)12-13-21/h16-19,21H,4-15H2,1-3H3. The highest BCUT2D eigenvalue weighted by Gasteiger charge is 2.30. The van der Waals surface area contributed by atoms with Gasteiger partial charge in [0, 0.05) is 19.1 Å². The van der Waals surface area contributed by atoms with E-state index in [-0.39, 0.29) is 6.61 Å². The first-order valence-electron chi connectivity index (χ1n) is 9.31. The fourth-order valence-corrected chi connectivity index (χ4v) is 3.92. The lowest BCUT2D eigenvalue weighted by Gasteiger charge is -2.39. The molecule has 3 unspecified atom stereocenters. The summed E-state index contributed by atoms with van der Waals surface area (Å²) in [5.74, 6) is 1.69. The first-order valence-corrected chi connectivity index (χ1v) is 9.31. The summed E-state index contributed by atoms with van der Waals surface area (Å²) >= 11 is 0. The number of nitrogens with one attached hydrogen (secondary N) is 1. The third kappa shape index (κ3) is 7.12. The molecule has 126 valence electrons. The Labute approximate surface area is 132 Å². The van der Waals surface area contributed by atoms with Crippen LogP contribution in [0, 0.1) is 11.8 Å². The monoisotopic (exact) mass is 298 g/mol. The van der Waals surface area contributed by atoms with Crippen LogP contribution in [0.5, 0.6) is 0 Å². The second-order valence-corrected chi connectivity index (χ2v) is 6.81. The molecule has 0 aromatic rings. The van der Waals surface area contributed by atoms with Crippen LogP contribution in [0.15, 0.2) is 0 Å². The van der Waals surface area contributed by atoms with Crippen molar-refractivity contribution in [2.75, 3.05) is 32.8 Å². The predicted octanol–water partition coefficient (Wildman–Crippen LogP) is 3.28. The molecule has 1 fully saturated rings. The lowest BCUT2D eigenvalue weighted by molar-refractivity contribution is 0.119. The molecule has 1 aliphatic carbocycles. The highest BCUT2D eigenvalue weighted by molar-refractivity contribution is 4.86. The quantitative estimate of drug-likeness (QED) is 0.614. The summed E-state index contributed by atoms with van der Waals surface area (Å²) in [5.41, 5.74) is 0. The van der Waals surface area contributed by atoms with Gasteiger partial charge in [-0.15, -0.1) is 0 Å². The van der Waals surface area contributed by atoms with E-state index >= 15 is 0 Å². The molecule has 1 rings (SSSR count). The molecule has 21 heavy (non-hydrogen) atoms. The summed E-state index contributed by atoms with van der Waals surface area (Å²) in [6.45, 7) is 11.4. The van der Waals surface area contributed by atoms with Crippen molar-refractivity contribution in [3.63, 3.8) is 0 Å². The van der Waals surface area contributed by atoms with E-state index in [9.17, 15) is 5.11 Å². The molecule has 0 radical (unpaired) electrons. The maximum Gasteiger partial charge on any atom is 0.0558 e. The summed E-state index contributed by atoms with van der Waals surface area (Å²) in [5, 5.41) is 13.1. The number of hydrogen-bond acceptors (Lipinski definition) is 3. The maximum atomic E-state index is 9.28. The molecule has 1 aliphatic rings. The predicted molar refractivity (Wildman–Crippen MR) is 91.6 cm³/mol. The average molecular weight is 299 g/mol. The Morgan fingerprint density at radius 2 is 1.86 bits per heavy atom. The molecule has 1 saturated carbocycles. The molecule has 0 spiro atoms. The van der Waals surface area contributed by atoms with Crippen molar-refractivity contribution in [3.8, 4) is 0 Å². The molecule has 3 heteroatoms. The molecular formula is C18H38N2O. The van der Waals surface area contributed by atoms with Gasteiger partial charge in [-0.05, 0) is 57.0 Å². The van der Waals surface area contributed by atoms with Gasteiger partial charge in [0.25, 0.3) is 0 Å². The second-order valence-electron chi connectivity index (χ2n) is 6.81. The van der Waals surface area contributed by atoms with Crippen LogP contribution in [0.1, 0.15) is 65.7 Å². The van der Waals surface area contributed by atoms with Gasteiger partial charge >= 0.3 is 0 Å². The van der Waals surface area contributed by atoms with Gasteiger partial charge in [-0.3, -0.25) is 0 Å². The van der Waals surface area contributed by atoms with Crippen molar-refractivity contribution in [2.45, 2.75) is 71.8 Å². The highest BCUT2D eigenvalue weighted by atomic mass is 16.3. The second kappa shape index (κ2) is 11.4. The SMILES string of the molecule is CCCNC1CCC(CCC)CC1CN(CCC)CCO. The molecular weight excluding hydrogens is 260 g/mol. The summed E-state index contributed by atoms with van der Waals surface area (Å²) < 4.78 is 0. The van der Waals surface area contributed by atoms with Gasteiger partial charge in [0.2, 0.25) is 0 Å². The Balaban J connectivity index is 2.58. The minimum absolute atomic E-state index is 0.290. The Hall–Kier alpha value is -0.120. The third-order valence-electron chi connectivity index (χ3n) is 4.89. The maximum absolute atomic E-state index is 9.28. The van der Waals surface area contributed by atoms with Crippen LogP contribution in [0.4, 0.5) is 0 Å². The topological polar surface area (TPSA) is 35.5 Å². The number of aliphatic hydroxyl groups excluding tert-OH is 1. The van der Waals surface area contributed by atoms with E-state index in [2.05, 4.69) is 31.0 Å². The molecule has 0 saturated heterocycles. The highest BCUT2D eigenvalue weighted by Crippen LogP contribution is 2.32. The first kappa shape index (κ1) is 18.9. The molecule has 0 bridgehead atoms. The van der Waals surface area contributed by atoms with Crippen LogP contribution >= 0.6 is 0 Å². The van der Waals surface area contributed by atoms with Gasteiger partial charge in [-0.1, -0.05) is 33.6 Å². The zero-order valence-corrected chi connectivity index (χ0v) is 14.6. The van der Waals surface area contributed by atoms with Gasteiger partial charge in [0.15, 0.2) is 0 Å². The Morgan fingerprint density at radius 1 is 1.05 bits per heavy atom. The van der Waals surface area contributed by atoms with Crippen molar-refractivity contribution >= 4 is 0 Å². The van der Waals surface area contributed by atoms with Crippen molar-refractivity contribution in [1.29, 1.82) is 0 Å². The summed E-state index contributed by atoms with van der Waals surface area (Å²) in [6, 6.07) is 0.691. The molecule has 3 nitrogen and oxygen atoms in total. The molecule has 0 aromatic heterocycles. The van der Waals surface area contributed by atoms with E-state index in [1.54, 1.807) is 0 Å². The van der Waals surface area contributed by atoms with Crippen LogP contribution in [0.3, 0.4) is 0 Å². The molecule has 0 aliphatic heterocycles. The van der Waals surface area contributed by atoms with Gasteiger partial charge in [0.05, 0.1) is 6.61 Å². The lowest BCUT2D eigenvalue weighted by atomic mass is 9.76. The molecule has 0 aromatic carbocycles. The van der Waals surface area contributed by atoms with Gasteiger partial charge in [-0.2, -0.15) is 0 Å². The van der Waals surface area contributed by atoms with Crippen LogP contribution < -0.4 is 5.32 Å². The van der Waals surface area contributed by atoms with Crippen LogP contribution in [-0.2, 0) is 0 Å². The van der Waals surface area contributed by atoms with Gasteiger partial charge in [0.1, 0.15) is 0 Å². The molecule has 2 N–H and O–H groups in total. The Morgan fingerprint density at radius 3 is 2.48 bits per heavy atom. The lowest BCUT2D eigenvalue weighted by Crippen LogP contribution is -2.46. The van der Waals surface area contributed by atoms with Crippen LogP contribution in [0.2, 0.25) is 0 Å². The van der Waals surface area contributed by atoms with Gasteiger partial charge in [-0.25, -0.2) is 0 Å². The largest absolute Gasteiger partial charge is 0.395 e. The van der Waals surface area contributed by atoms with Gasteiger partial charge < -0.3 is 15.3 Å².